The van der Waals surface area contributed by atoms with Crippen LogP contribution >= 0.6 is 0 Å². The molecule has 0 fully saturated rings. The van der Waals surface area contributed by atoms with Crippen molar-refractivity contribution in [3.8, 4) is 5.69 Å². The molecular weight excluding hydrogens is 302 g/mol. The molecule has 0 aliphatic rings. The van der Waals surface area contributed by atoms with Crippen molar-refractivity contribution in [3.63, 3.8) is 0 Å². The molecule has 1 atom stereocenters. The van der Waals surface area contributed by atoms with E-state index in [2.05, 4.69) is 9.82 Å². The van der Waals surface area contributed by atoms with Gasteiger partial charge in [-0.3, -0.25) is 0 Å². The number of aromatic nitrogens is 2. The monoisotopic (exact) mass is 323 g/mol. The summed E-state index contributed by atoms with van der Waals surface area (Å²) in [7, 11) is -1.88. The van der Waals surface area contributed by atoms with Crippen molar-refractivity contribution in [2.75, 3.05) is 12.9 Å². The lowest BCUT2D eigenvalue weighted by Crippen LogP contribution is -2.31. The highest BCUT2D eigenvalue weighted by molar-refractivity contribution is 7.89. The van der Waals surface area contributed by atoms with E-state index in [0.717, 1.165) is 16.9 Å². The number of rotatable bonds is 7. The molecule has 1 aromatic carbocycles. The van der Waals surface area contributed by atoms with E-state index in [0.29, 0.717) is 0 Å². The van der Waals surface area contributed by atoms with Gasteiger partial charge in [0.25, 0.3) is 0 Å². The van der Waals surface area contributed by atoms with Crippen LogP contribution in [0.15, 0.2) is 36.5 Å². The van der Waals surface area contributed by atoms with Crippen molar-refractivity contribution in [2.24, 2.45) is 0 Å². The molecule has 1 N–H and O–H groups in total. The van der Waals surface area contributed by atoms with Crippen LogP contribution in [0, 0.1) is 6.92 Å². The number of nitrogens with zero attached hydrogens (tertiary/aromatic N) is 2. The van der Waals surface area contributed by atoms with Crippen molar-refractivity contribution in [2.45, 2.75) is 26.5 Å². The summed E-state index contributed by atoms with van der Waals surface area (Å²) in [4.78, 5) is 0. The Bertz CT molecular complexity index is 711. The summed E-state index contributed by atoms with van der Waals surface area (Å²) >= 11 is 0. The lowest BCUT2D eigenvalue weighted by Gasteiger charge is -2.10. The standard InChI is InChI=1S/C15H21N3O3S/c1-12(21-3)11-22(19,20)16-9-14-10-18(17-13(14)2)15-7-5-4-6-8-15/h4-8,10,12,16H,9,11H2,1-3H3/t12-/m1/s1. The molecule has 0 aliphatic heterocycles. The highest BCUT2D eigenvalue weighted by atomic mass is 32.2. The zero-order chi connectivity index (χ0) is 16.2. The summed E-state index contributed by atoms with van der Waals surface area (Å²) in [6.45, 7) is 3.80. The van der Waals surface area contributed by atoms with Crippen molar-refractivity contribution in [1.82, 2.24) is 14.5 Å². The molecule has 0 spiro atoms. The first-order valence-corrected chi connectivity index (χ1v) is 8.67. The van der Waals surface area contributed by atoms with Gasteiger partial charge < -0.3 is 4.74 Å². The fourth-order valence-electron chi connectivity index (χ4n) is 2.01. The Hall–Kier alpha value is -1.70. The van der Waals surface area contributed by atoms with Gasteiger partial charge in [-0.2, -0.15) is 5.10 Å². The van der Waals surface area contributed by atoms with Gasteiger partial charge in [-0.15, -0.1) is 0 Å². The van der Waals surface area contributed by atoms with Crippen LogP contribution < -0.4 is 4.72 Å². The van der Waals surface area contributed by atoms with Gasteiger partial charge in [-0.1, -0.05) is 18.2 Å². The Kier molecular flexibility index (Phi) is 5.33. The Morgan fingerprint density at radius 2 is 2.00 bits per heavy atom. The van der Waals surface area contributed by atoms with Crippen molar-refractivity contribution in [1.29, 1.82) is 0 Å². The molecule has 0 saturated heterocycles. The first-order chi connectivity index (χ1) is 10.4. The summed E-state index contributed by atoms with van der Waals surface area (Å²) in [6, 6.07) is 9.69. The predicted octanol–water partition coefficient (Wildman–Crippen LogP) is 1.64. The lowest BCUT2D eigenvalue weighted by atomic mass is 10.3. The van der Waals surface area contributed by atoms with Crippen molar-refractivity contribution < 1.29 is 13.2 Å². The Morgan fingerprint density at radius 3 is 2.64 bits per heavy atom. The summed E-state index contributed by atoms with van der Waals surface area (Å²) in [5.41, 5.74) is 2.58. The number of hydrogen-bond donors (Lipinski definition) is 1. The fourth-order valence-corrected chi connectivity index (χ4v) is 3.25. The molecule has 0 amide bonds. The average molecular weight is 323 g/mol. The minimum atomic E-state index is -3.38. The van der Waals surface area contributed by atoms with Gasteiger partial charge in [0.05, 0.1) is 23.2 Å². The first-order valence-electron chi connectivity index (χ1n) is 7.02. The molecule has 7 heteroatoms. The Morgan fingerprint density at radius 1 is 1.32 bits per heavy atom. The molecule has 2 rings (SSSR count). The van der Waals surface area contributed by atoms with Crippen LogP contribution in [0.4, 0.5) is 0 Å². The van der Waals surface area contributed by atoms with E-state index in [-0.39, 0.29) is 18.4 Å². The number of para-hydroxylation sites is 1. The summed E-state index contributed by atoms with van der Waals surface area (Å²) < 4.78 is 33.2. The van der Waals surface area contributed by atoms with E-state index in [1.165, 1.54) is 7.11 Å². The second-order valence-corrected chi connectivity index (χ2v) is 7.02. The maximum absolute atomic E-state index is 11.9. The molecule has 0 bridgehead atoms. The first kappa shape index (κ1) is 16.7. The molecule has 6 nitrogen and oxygen atoms in total. The van der Waals surface area contributed by atoms with Crippen LogP contribution in [0.1, 0.15) is 18.2 Å². The second-order valence-electron chi connectivity index (χ2n) is 5.17. The largest absolute Gasteiger partial charge is 0.381 e. The van der Waals surface area contributed by atoms with Gasteiger partial charge in [-0.25, -0.2) is 17.8 Å². The number of nitrogens with one attached hydrogen (secondary N) is 1. The minimum Gasteiger partial charge on any atom is -0.381 e. The van der Waals surface area contributed by atoms with E-state index in [1.54, 1.807) is 11.6 Å². The topological polar surface area (TPSA) is 73.2 Å². The molecular formula is C15H21N3O3S. The molecule has 0 saturated carbocycles. The zero-order valence-electron chi connectivity index (χ0n) is 13.0. The van der Waals surface area contributed by atoms with Crippen LogP contribution in [0.2, 0.25) is 0 Å². The number of hydrogen-bond acceptors (Lipinski definition) is 4. The normalized spacial score (nSPS) is 13.2. The van der Waals surface area contributed by atoms with Crippen LogP contribution in [0.25, 0.3) is 5.69 Å². The van der Waals surface area contributed by atoms with Gasteiger partial charge >= 0.3 is 0 Å². The quantitative estimate of drug-likeness (QED) is 0.840. The molecule has 1 aromatic heterocycles. The third-order valence-electron chi connectivity index (χ3n) is 3.36. The second kappa shape index (κ2) is 7.04. The van der Waals surface area contributed by atoms with E-state index >= 15 is 0 Å². The summed E-state index contributed by atoms with van der Waals surface area (Å²) in [6.07, 6.45) is 1.50. The molecule has 1 heterocycles. The van der Waals surface area contributed by atoms with Crippen LogP contribution in [0.3, 0.4) is 0 Å². The predicted molar refractivity (Wildman–Crippen MR) is 85.4 cm³/mol. The molecule has 0 aliphatic carbocycles. The number of aryl methyl sites for hydroxylation is 1. The summed E-state index contributed by atoms with van der Waals surface area (Å²) in [5, 5.41) is 4.42. The van der Waals surface area contributed by atoms with Gasteiger partial charge in [0.2, 0.25) is 10.0 Å². The van der Waals surface area contributed by atoms with Gasteiger partial charge in [0.1, 0.15) is 0 Å². The molecule has 2 aromatic rings. The van der Waals surface area contributed by atoms with Gasteiger partial charge in [-0.05, 0) is 26.0 Å². The average Bonchev–Trinajstić information content (AvgIpc) is 2.87. The van der Waals surface area contributed by atoms with Gasteiger partial charge in [0, 0.05) is 25.4 Å². The Labute approximate surface area is 131 Å². The third kappa shape index (κ3) is 4.40. The molecule has 0 unspecified atom stereocenters. The third-order valence-corrected chi connectivity index (χ3v) is 4.85. The Balaban J connectivity index is 2.07. The van der Waals surface area contributed by atoms with Crippen LogP contribution in [-0.4, -0.2) is 37.2 Å². The minimum absolute atomic E-state index is 0.0601. The highest BCUT2D eigenvalue weighted by Crippen LogP contribution is 2.12. The maximum atomic E-state index is 11.9. The number of ether oxygens (including phenoxy) is 1. The zero-order valence-corrected chi connectivity index (χ0v) is 13.8. The molecule has 0 radical (unpaired) electrons. The van der Waals surface area contributed by atoms with Gasteiger partial charge in [0.15, 0.2) is 0 Å². The number of methoxy groups -OCH3 is 1. The van der Waals surface area contributed by atoms with Crippen molar-refractivity contribution >= 4 is 10.0 Å². The van der Waals surface area contributed by atoms with Crippen LogP contribution in [0.5, 0.6) is 0 Å². The van der Waals surface area contributed by atoms with Crippen molar-refractivity contribution in [3.05, 3.63) is 47.8 Å². The van der Waals surface area contributed by atoms with E-state index in [1.807, 2.05) is 43.5 Å². The van der Waals surface area contributed by atoms with E-state index in [9.17, 15) is 8.42 Å². The highest BCUT2D eigenvalue weighted by Gasteiger charge is 2.16. The molecule has 22 heavy (non-hydrogen) atoms. The maximum Gasteiger partial charge on any atom is 0.214 e. The molecule has 120 valence electrons. The lowest BCUT2D eigenvalue weighted by molar-refractivity contribution is 0.136. The fraction of sp³-hybridized carbons (Fsp3) is 0.400. The van der Waals surface area contributed by atoms with Crippen LogP contribution in [-0.2, 0) is 21.3 Å². The smallest absolute Gasteiger partial charge is 0.214 e. The number of sulfonamides is 1. The van der Waals surface area contributed by atoms with E-state index in [4.69, 9.17) is 4.74 Å². The van der Waals surface area contributed by atoms with E-state index < -0.39 is 10.0 Å². The summed E-state index contributed by atoms with van der Waals surface area (Å²) in [5.74, 6) is -0.0601. The number of benzene rings is 1. The SMILES string of the molecule is CO[C@H](C)CS(=O)(=O)NCc1cn(-c2ccccc2)nc1C.